The Hall–Kier alpha value is -2.31. The fourth-order valence-electron chi connectivity index (χ4n) is 3.36. The molecule has 0 amide bonds. The summed E-state index contributed by atoms with van der Waals surface area (Å²) in [6, 6.07) is 12.6. The summed E-state index contributed by atoms with van der Waals surface area (Å²) in [5.41, 5.74) is 2.51. The first-order chi connectivity index (χ1) is 13.7. The predicted octanol–water partition coefficient (Wildman–Crippen LogP) is 2.53. The number of nitrogens with one attached hydrogen (secondary N) is 2. The van der Waals surface area contributed by atoms with Crippen LogP contribution in [0.1, 0.15) is 36.7 Å². The predicted molar refractivity (Wildman–Crippen MR) is 112 cm³/mol. The number of furan rings is 1. The molecule has 1 saturated heterocycles. The normalized spacial score (nSPS) is 16.3. The first-order valence-electron chi connectivity index (χ1n) is 10.3. The molecule has 0 radical (unpaired) electrons. The van der Waals surface area contributed by atoms with Gasteiger partial charge in [-0.15, -0.1) is 0 Å². The summed E-state index contributed by atoms with van der Waals surface area (Å²) in [4.78, 5) is 7.09. The summed E-state index contributed by atoms with van der Waals surface area (Å²) < 4.78 is 5.36. The van der Waals surface area contributed by atoms with Crippen LogP contribution in [0.15, 0.2) is 52.1 Å². The molecule has 1 aromatic heterocycles. The molecule has 152 valence electrons. The van der Waals surface area contributed by atoms with Crippen molar-refractivity contribution >= 4 is 5.96 Å². The fourth-order valence-corrected chi connectivity index (χ4v) is 3.36. The number of hydrogen-bond donors (Lipinski definition) is 3. The molecule has 1 aliphatic heterocycles. The summed E-state index contributed by atoms with van der Waals surface area (Å²) >= 11 is 0. The van der Waals surface area contributed by atoms with Crippen molar-refractivity contribution in [2.45, 2.75) is 45.4 Å². The lowest BCUT2D eigenvalue weighted by Crippen LogP contribution is -2.38. The van der Waals surface area contributed by atoms with Crippen LogP contribution >= 0.6 is 0 Å². The summed E-state index contributed by atoms with van der Waals surface area (Å²) in [5, 5.41) is 16.3. The molecule has 6 nitrogen and oxygen atoms in total. The van der Waals surface area contributed by atoms with Crippen LogP contribution in [0.5, 0.6) is 0 Å². The van der Waals surface area contributed by atoms with Gasteiger partial charge in [-0.2, -0.15) is 0 Å². The molecular weight excluding hydrogens is 352 g/mol. The van der Waals surface area contributed by atoms with Gasteiger partial charge in [-0.05, 0) is 43.0 Å². The van der Waals surface area contributed by atoms with Gasteiger partial charge in [-0.25, -0.2) is 4.99 Å². The van der Waals surface area contributed by atoms with Crippen molar-refractivity contribution in [1.82, 2.24) is 15.5 Å². The van der Waals surface area contributed by atoms with Crippen molar-refractivity contribution in [3.05, 3.63) is 59.5 Å². The van der Waals surface area contributed by atoms with E-state index in [1.54, 1.807) is 6.26 Å². The molecule has 1 aliphatic rings. The molecule has 0 spiro atoms. The standard InChI is InChI=1S/C22H32N4O2/c1-2-23-22(24-12-9-21-4-3-15-28-21)25-16-18-5-7-19(8-6-18)17-26-13-10-20(27)11-14-26/h3-8,15,20,27H,2,9-14,16-17H2,1H3,(H2,23,24,25). The summed E-state index contributed by atoms with van der Waals surface area (Å²) in [5.74, 6) is 1.80. The van der Waals surface area contributed by atoms with E-state index in [2.05, 4.69) is 51.7 Å². The van der Waals surface area contributed by atoms with Gasteiger partial charge in [0.2, 0.25) is 0 Å². The monoisotopic (exact) mass is 384 g/mol. The van der Waals surface area contributed by atoms with E-state index in [4.69, 9.17) is 4.42 Å². The summed E-state index contributed by atoms with van der Waals surface area (Å²) in [7, 11) is 0. The SMILES string of the molecule is CCNC(=NCc1ccc(CN2CCC(O)CC2)cc1)NCCc1ccco1. The molecule has 28 heavy (non-hydrogen) atoms. The van der Waals surface area contributed by atoms with Gasteiger partial charge >= 0.3 is 0 Å². The van der Waals surface area contributed by atoms with Crippen LogP contribution in [0.3, 0.4) is 0 Å². The number of benzene rings is 1. The van der Waals surface area contributed by atoms with E-state index in [1.165, 1.54) is 11.1 Å². The average molecular weight is 385 g/mol. The lowest BCUT2D eigenvalue weighted by Gasteiger charge is -2.29. The van der Waals surface area contributed by atoms with Gasteiger partial charge in [0.25, 0.3) is 0 Å². The third-order valence-corrected chi connectivity index (χ3v) is 4.99. The lowest BCUT2D eigenvalue weighted by atomic mass is 10.1. The van der Waals surface area contributed by atoms with Crippen LogP contribution in [0.25, 0.3) is 0 Å². The number of rotatable bonds is 8. The molecule has 0 aliphatic carbocycles. The van der Waals surface area contributed by atoms with Gasteiger partial charge in [0.05, 0.1) is 18.9 Å². The number of likely N-dealkylation sites (tertiary alicyclic amines) is 1. The highest BCUT2D eigenvalue weighted by Crippen LogP contribution is 2.14. The quantitative estimate of drug-likeness (QED) is 0.482. The van der Waals surface area contributed by atoms with E-state index >= 15 is 0 Å². The zero-order valence-corrected chi connectivity index (χ0v) is 16.7. The highest BCUT2D eigenvalue weighted by atomic mass is 16.3. The second-order valence-corrected chi connectivity index (χ2v) is 7.28. The maximum Gasteiger partial charge on any atom is 0.191 e. The van der Waals surface area contributed by atoms with Crippen molar-refractivity contribution in [1.29, 1.82) is 0 Å². The second-order valence-electron chi connectivity index (χ2n) is 7.28. The highest BCUT2D eigenvalue weighted by Gasteiger charge is 2.16. The Morgan fingerprint density at radius 1 is 1.14 bits per heavy atom. The van der Waals surface area contributed by atoms with Crippen molar-refractivity contribution in [2.75, 3.05) is 26.2 Å². The fraction of sp³-hybridized carbons (Fsp3) is 0.500. The number of piperidine rings is 1. The van der Waals surface area contributed by atoms with Gasteiger partial charge in [-0.1, -0.05) is 24.3 Å². The molecule has 2 aromatic rings. The minimum atomic E-state index is -0.116. The zero-order valence-electron chi connectivity index (χ0n) is 16.7. The highest BCUT2D eigenvalue weighted by molar-refractivity contribution is 5.79. The topological polar surface area (TPSA) is 73.0 Å². The first-order valence-corrected chi connectivity index (χ1v) is 10.3. The number of aliphatic hydroxyl groups excluding tert-OH is 1. The first kappa shape index (κ1) is 20.4. The van der Waals surface area contributed by atoms with Crippen molar-refractivity contribution in [3.63, 3.8) is 0 Å². The summed E-state index contributed by atoms with van der Waals surface area (Å²) in [6.07, 6.45) is 4.18. The van der Waals surface area contributed by atoms with E-state index in [9.17, 15) is 5.11 Å². The maximum absolute atomic E-state index is 9.62. The maximum atomic E-state index is 9.62. The van der Waals surface area contributed by atoms with Crippen LogP contribution in [0, 0.1) is 0 Å². The Balaban J connectivity index is 1.46. The van der Waals surface area contributed by atoms with Crippen LogP contribution in [-0.2, 0) is 19.5 Å². The Kier molecular flexibility index (Phi) is 7.94. The average Bonchev–Trinajstić information content (AvgIpc) is 3.22. The summed E-state index contributed by atoms with van der Waals surface area (Å²) in [6.45, 7) is 7.22. The number of aliphatic imine (C=N–C) groups is 1. The largest absolute Gasteiger partial charge is 0.469 e. The van der Waals surface area contributed by atoms with Crippen LogP contribution in [0.4, 0.5) is 0 Å². The van der Waals surface area contributed by atoms with Crippen molar-refractivity contribution < 1.29 is 9.52 Å². The Morgan fingerprint density at radius 3 is 2.57 bits per heavy atom. The third-order valence-electron chi connectivity index (χ3n) is 4.99. The van der Waals surface area contributed by atoms with Crippen molar-refractivity contribution in [3.8, 4) is 0 Å². The molecule has 1 aromatic carbocycles. The Morgan fingerprint density at radius 2 is 1.89 bits per heavy atom. The van der Waals surface area contributed by atoms with Gasteiger partial charge in [0.1, 0.15) is 5.76 Å². The molecule has 3 N–H and O–H groups in total. The minimum absolute atomic E-state index is 0.116. The molecule has 6 heteroatoms. The van der Waals surface area contributed by atoms with Gasteiger partial charge in [0.15, 0.2) is 5.96 Å². The number of aliphatic hydroxyl groups is 1. The van der Waals surface area contributed by atoms with Crippen LogP contribution in [0.2, 0.25) is 0 Å². The van der Waals surface area contributed by atoms with E-state index < -0.39 is 0 Å². The van der Waals surface area contributed by atoms with E-state index in [1.807, 2.05) is 12.1 Å². The van der Waals surface area contributed by atoms with E-state index in [0.717, 1.165) is 63.7 Å². The number of nitrogens with zero attached hydrogens (tertiary/aromatic N) is 2. The van der Waals surface area contributed by atoms with Crippen molar-refractivity contribution in [2.24, 2.45) is 4.99 Å². The Bertz CT molecular complexity index is 705. The molecule has 0 saturated carbocycles. The van der Waals surface area contributed by atoms with E-state index in [0.29, 0.717) is 6.54 Å². The molecular formula is C22H32N4O2. The minimum Gasteiger partial charge on any atom is -0.469 e. The molecule has 1 fully saturated rings. The zero-order chi connectivity index (χ0) is 19.6. The molecule has 2 heterocycles. The second kappa shape index (κ2) is 10.9. The number of guanidine groups is 1. The number of hydrogen-bond acceptors (Lipinski definition) is 4. The van der Waals surface area contributed by atoms with Crippen LogP contribution < -0.4 is 10.6 Å². The molecule has 0 bridgehead atoms. The van der Waals surface area contributed by atoms with Gasteiger partial charge in [-0.3, -0.25) is 4.90 Å². The molecule has 3 rings (SSSR count). The lowest BCUT2D eigenvalue weighted by molar-refractivity contribution is 0.0792. The Labute approximate surface area is 167 Å². The van der Waals surface area contributed by atoms with Gasteiger partial charge < -0.3 is 20.2 Å². The molecule has 0 atom stereocenters. The third kappa shape index (κ3) is 6.69. The van der Waals surface area contributed by atoms with Crippen LogP contribution in [-0.4, -0.2) is 48.2 Å². The molecule has 0 unspecified atom stereocenters. The van der Waals surface area contributed by atoms with Gasteiger partial charge in [0, 0.05) is 39.1 Å². The smallest absolute Gasteiger partial charge is 0.191 e. The van der Waals surface area contributed by atoms with E-state index in [-0.39, 0.29) is 6.10 Å².